The maximum absolute atomic E-state index is 3.91. The molecule has 0 saturated carbocycles. The van der Waals surface area contributed by atoms with Gasteiger partial charge < -0.3 is 0 Å². The van der Waals surface area contributed by atoms with E-state index >= 15 is 0 Å². The zero-order valence-electron chi connectivity index (χ0n) is 8.76. The van der Waals surface area contributed by atoms with Crippen LogP contribution < -0.4 is 0 Å². The zero-order chi connectivity index (χ0) is 10.6. The topological polar surface area (TPSA) is 0 Å². The highest BCUT2D eigenvalue weighted by Crippen LogP contribution is 2.43. The molecule has 1 rings (SSSR count). The summed E-state index contributed by atoms with van der Waals surface area (Å²) in [6.07, 6.45) is 11.1. The molecule has 0 aromatic carbocycles. The molecule has 0 atom stereocenters. The van der Waals surface area contributed by atoms with Crippen molar-refractivity contribution in [3.05, 3.63) is 61.8 Å². The Morgan fingerprint density at radius 1 is 1.00 bits per heavy atom. The van der Waals surface area contributed by atoms with E-state index in [-0.39, 0.29) is 5.41 Å². The van der Waals surface area contributed by atoms with Crippen LogP contribution in [0.25, 0.3) is 0 Å². The summed E-state index contributed by atoms with van der Waals surface area (Å²) in [5.74, 6) is 0. The molecule has 0 fully saturated rings. The zero-order valence-corrected chi connectivity index (χ0v) is 8.76. The van der Waals surface area contributed by atoms with E-state index in [1.807, 2.05) is 24.3 Å². The summed E-state index contributed by atoms with van der Waals surface area (Å²) >= 11 is 0. The first-order valence-corrected chi connectivity index (χ1v) is 4.99. The Morgan fingerprint density at radius 2 is 1.64 bits per heavy atom. The van der Waals surface area contributed by atoms with Crippen molar-refractivity contribution in [1.29, 1.82) is 0 Å². The predicted octanol–water partition coefficient (Wildman–Crippen LogP) is 4.20. The highest BCUT2D eigenvalue weighted by atomic mass is 14.3. The minimum Gasteiger partial charge on any atom is -0.102 e. The Bertz CT molecular complexity index is 294. The Hall–Kier alpha value is -1.30. The summed E-state index contributed by atoms with van der Waals surface area (Å²) in [5.41, 5.74) is 2.43. The molecule has 0 unspecified atom stereocenters. The fraction of sp³-hybridized carbons (Fsp3) is 0.286. The van der Waals surface area contributed by atoms with E-state index in [0.717, 1.165) is 19.3 Å². The third-order valence-electron chi connectivity index (χ3n) is 3.06. The first-order chi connectivity index (χ1) is 6.74. The van der Waals surface area contributed by atoms with E-state index < -0.39 is 0 Å². The fourth-order valence-corrected chi connectivity index (χ4v) is 2.18. The van der Waals surface area contributed by atoms with Crippen molar-refractivity contribution in [2.75, 3.05) is 0 Å². The van der Waals surface area contributed by atoms with Crippen LogP contribution in [0.3, 0.4) is 0 Å². The molecule has 0 N–H and O–H groups in total. The monoisotopic (exact) mass is 186 g/mol. The van der Waals surface area contributed by atoms with Gasteiger partial charge in [0.25, 0.3) is 0 Å². The van der Waals surface area contributed by atoms with Crippen LogP contribution in [-0.2, 0) is 0 Å². The molecule has 0 nitrogen and oxygen atoms in total. The highest BCUT2D eigenvalue weighted by molar-refractivity contribution is 5.44. The summed E-state index contributed by atoms with van der Waals surface area (Å²) in [5, 5.41) is 0. The van der Waals surface area contributed by atoms with Crippen LogP contribution in [0.4, 0.5) is 0 Å². The molecule has 1 aliphatic rings. The van der Waals surface area contributed by atoms with Gasteiger partial charge in [-0.3, -0.25) is 0 Å². The molecule has 0 radical (unpaired) electrons. The van der Waals surface area contributed by atoms with Crippen LogP contribution in [0.1, 0.15) is 19.3 Å². The molecule has 1 aliphatic carbocycles. The van der Waals surface area contributed by atoms with Gasteiger partial charge in [-0.15, -0.1) is 13.2 Å². The van der Waals surface area contributed by atoms with Crippen molar-refractivity contribution in [2.24, 2.45) is 5.41 Å². The second kappa shape index (κ2) is 4.28. The second-order valence-corrected chi connectivity index (χ2v) is 3.65. The maximum atomic E-state index is 3.91. The lowest BCUT2D eigenvalue weighted by Gasteiger charge is -2.34. The van der Waals surface area contributed by atoms with E-state index in [1.54, 1.807) is 0 Å². The molecule has 0 spiro atoms. The minimum atomic E-state index is -0.0798. The van der Waals surface area contributed by atoms with E-state index in [9.17, 15) is 0 Å². The van der Waals surface area contributed by atoms with Crippen molar-refractivity contribution >= 4 is 0 Å². The van der Waals surface area contributed by atoms with Gasteiger partial charge in [0.1, 0.15) is 0 Å². The van der Waals surface area contributed by atoms with Crippen LogP contribution >= 0.6 is 0 Å². The molecule has 0 bridgehead atoms. The Balaban J connectivity index is 3.31. The third kappa shape index (κ3) is 1.52. The van der Waals surface area contributed by atoms with Crippen molar-refractivity contribution in [2.45, 2.75) is 19.3 Å². The number of rotatable bonds is 4. The van der Waals surface area contributed by atoms with E-state index in [0.29, 0.717) is 0 Å². The van der Waals surface area contributed by atoms with Crippen LogP contribution in [0.5, 0.6) is 0 Å². The molecule has 0 aromatic heterocycles. The molecule has 0 heterocycles. The smallest absolute Gasteiger partial charge is 0.0309 e. The standard InChI is InChI=1S/C14H18/c1-5-12-10-9-11-14(7-3,8-4)13(12)6-2/h5-8H,1-4,9-11H2. The van der Waals surface area contributed by atoms with Crippen LogP contribution in [0, 0.1) is 5.41 Å². The van der Waals surface area contributed by atoms with E-state index in [4.69, 9.17) is 0 Å². The fourth-order valence-electron chi connectivity index (χ4n) is 2.18. The Kier molecular flexibility index (Phi) is 3.29. The molecule has 74 valence electrons. The Morgan fingerprint density at radius 3 is 2.07 bits per heavy atom. The summed E-state index contributed by atoms with van der Waals surface area (Å²) in [4.78, 5) is 0. The lowest BCUT2D eigenvalue weighted by atomic mass is 9.70. The van der Waals surface area contributed by atoms with Crippen molar-refractivity contribution in [3.63, 3.8) is 0 Å². The van der Waals surface area contributed by atoms with Gasteiger partial charge in [-0.25, -0.2) is 0 Å². The van der Waals surface area contributed by atoms with Gasteiger partial charge in [0.15, 0.2) is 0 Å². The Labute approximate surface area is 87.0 Å². The molecule has 0 aliphatic heterocycles. The van der Waals surface area contributed by atoms with Gasteiger partial charge in [0.05, 0.1) is 0 Å². The molecule has 0 saturated heterocycles. The van der Waals surface area contributed by atoms with Crippen LogP contribution in [0.15, 0.2) is 61.8 Å². The molecule has 0 aromatic rings. The number of allylic oxidation sites excluding steroid dienone is 6. The second-order valence-electron chi connectivity index (χ2n) is 3.65. The van der Waals surface area contributed by atoms with Gasteiger partial charge >= 0.3 is 0 Å². The van der Waals surface area contributed by atoms with Gasteiger partial charge in [-0.2, -0.15) is 0 Å². The van der Waals surface area contributed by atoms with Crippen molar-refractivity contribution in [1.82, 2.24) is 0 Å². The lowest BCUT2D eigenvalue weighted by Crippen LogP contribution is -2.21. The highest BCUT2D eigenvalue weighted by Gasteiger charge is 2.30. The molecule has 0 heteroatoms. The van der Waals surface area contributed by atoms with Crippen molar-refractivity contribution in [3.8, 4) is 0 Å². The number of hydrogen-bond donors (Lipinski definition) is 0. The lowest BCUT2D eigenvalue weighted by molar-refractivity contribution is 0.485. The van der Waals surface area contributed by atoms with Gasteiger partial charge in [0.2, 0.25) is 0 Å². The first kappa shape index (κ1) is 10.8. The summed E-state index contributed by atoms with van der Waals surface area (Å²) in [6, 6.07) is 0. The van der Waals surface area contributed by atoms with Gasteiger partial charge in [-0.05, 0) is 30.4 Å². The van der Waals surface area contributed by atoms with E-state index in [1.165, 1.54) is 11.1 Å². The number of hydrogen-bond acceptors (Lipinski definition) is 0. The maximum Gasteiger partial charge on any atom is 0.0309 e. The first-order valence-electron chi connectivity index (χ1n) is 4.99. The molecule has 14 heavy (non-hydrogen) atoms. The average Bonchev–Trinajstić information content (AvgIpc) is 2.27. The van der Waals surface area contributed by atoms with Gasteiger partial charge in [0, 0.05) is 5.41 Å². The van der Waals surface area contributed by atoms with Gasteiger partial charge in [-0.1, -0.05) is 37.5 Å². The molecular weight excluding hydrogens is 168 g/mol. The summed E-state index contributed by atoms with van der Waals surface area (Å²) < 4.78 is 0. The quantitative estimate of drug-likeness (QED) is 0.577. The predicted molar refractivity (Wildman–Crippen MR) is 64.1 cm³/mol. The largest absolute Gasteiger partial charge is 0.102 e. The minimum absolute atomic E-state index is 0.0798. The average molecular weight is 186 g/mol. The normalized spacial score (nSPS) is 20.0. The third-order valence-corrected chi connectivity index (χ3v) is 3.06. The SMILES string of the molecule is C=CC1=C(C=C)C(C=C)(C=C)CCC1. The molecular formula is C14H18. The van der Waals surface area contributed by atoms with E-state index in [2.05, 4.69) is 26.3 Å². The summed E-state index contributed by atoms with van der Waals surface area (Å²) in [6.45, 7) is 15.5. The van der Waals surface area contributed by atoms with Crippen LogP contribution in [0.2, 0.25) is 0 Å². The van der Waals surface area contributed by atoms with Crippen LogP contribution in [-0.4, -0.2) is 0 Å². The van der Waals surface area contributed by atoms with Crippen molar-refractivity contribution < 1.29 is 0 Å². The molecule has 0 amide bonds. The summed E-state index contributed by atoms with van der Waals surface area (Å²) in [7, 11) is 0.